The van der Waals surface area contributed by atoms with Crippen molar-refractivity contribution < 1.29 is 0 Å². The highest BCUT2D eigenvalue weighted by molar-refractivity contribution is 7.98. The molecule has 0 aromatic heterocycles. The van der Waals surface area contributed by atoms with Crippen LogP contribution in [0.2, 0.25) is 0 Å². The number of anilines is 1. The molecule has 0 saturated heterocycles. The monoisotopic (exact) mass is 454 g/mol. The summed E-state index contributed by atoms with van der Waals surface area (Å²) in [4.78, 5) is 1.28. The molecule has 0 bridgehead atoms. The Bertz CT molecular complexity index is 1140. The van der Waals surface area contributed by atoms with E-state index >= 15 is 0 Å². The SMILES string of the molecule is Cc1cccc(C(NC(=S)Nc2ccc(CSc3ccccc3)cc2)c2ccccc2)c1. The standard InChI is InChI=1S/C28H26N2S2/c1-21-9-8-12-24(19-21)27(23-10-4-2-5-11-23)30-28(31)29-25-17-15-22(16-18-25)20-32-26-13-6-3-7-14-26/h2-19,27H,20H2,1H3,(H2,29,30,31). The van der Waals surface area contributed by atoms with Crippen molar-refractivity contribution in [1.29, 1.82) is 0 Å². The summed E-state index contributed by atoms with van der Waals surface area (Å²) < 4.78 is 0. The van der Waals surface area contributed by atoms with Crippen LogP contribution in [0.15, 0.2) is 114 Å². The first kappa shape index (κ1) is 22.1. The zero-order chi connectivity index (χ0) is 22.2. The summed E-state index contributed by atoms with van der Waals surface area (Å²) in [6.07, 6.45) is 0. The van der Waals surface area contributed by atoms with Crippen LogP contribution in [-0.2, 0) is 5.75 Å². The molecular formula is C28H26N2S2. The van der Waals surface area contributed by atoms with Gasteiger partial charge in [-0.05, 0) is 60.1 Å². The Morgan fingerprint density at radius 2 is 1.44 bits per heavy atom. The molecule has 0 heterocycles. The molecule has 2 nitrogen and oxygen atoms in total. The quantitative estimate of drug-likeness (QED) is 0.225. The average Bonchev–Trinajstić information content (AvgIpc) is 2.83. The summed E-state index contributed by atoms with van der Waals surface area (Å²) in [5, 5.41) is 7.45. The number of thiocarbonyl (C=S) groups is 1. The molecule has 4 aromatic carbocycles. The summed E-state index contributed by atoms with van der Waals surface area (Å²) in [6, 6.07) is 37.9. The molecule has 0 amide bonds. The molecule has 0 aliphatic rings. The Morgan fingerprint density at radius 3 is 2.12 bits per heavy atom. The molecule has 2 N–H and O–H groups in total. The lowest BCUT2D eigenvalue weighted by Gasteiger charge is -2.22. The molecule has 4 aromatic rings. The van der Waals surface area contributed by atoms with E-state index in [1.807, 2.05) is 23.9 Å². The van der Waals surface area contributed by atoms with Gasteiger partial charge >= 0.3 is 0 Å². The van der Waals surface area contributed by atoms with Crippen LogP contribution in [-0.4, -0.2) is 5.11 Å². The molecule has 4 heteroatoms. The number of nitrogens with one attached hydrogen (secondary N) is 2. The third kappa shape index (κ3) is 6.22. The van der Waals surface area contributed by atoms with Crippen LogP contribution in [0.3, 0.4) is 0 Å². The average molecular weight is 455 g/mol. The van der Waals surface area contributed by atoms with Gasteiger partial charge in [-0.1, -0.05) is 90.5 Å². The predicted octanol–water partition coefficient (Wildman–Crippen LogP) is 7.36. The van der Waals surface area contributed by atoms with Crippen molar-refractivity contribution in [2.24, 2.45) is 0 Å². The van der Waals surface area contributed by atoms with E-state index in [4.69, 9.17) is 12.2 Å². The smallest absolute Gasteiger partial charge is 0.171 e. The maximum absolute atomic E-state index is 5.67. The first-order chi connectivity index (χ1) is 15.7. The molecule has 0 aliphatic carbocycles. The zero-order valence-electron chi connectivity index (χ0n) is 18.0. The number of hydrogen-bond acceptors (Lipinski definition) is 2. The molecule has 0 fully saturated rings. The van der Waals surface area contributed by atoms with Crippen LogP contribution in [0.1, 0.15) is 28.3 Å². The number of benzene rings is 4. The van der Waals surface area contributed by atoms with Crippen LogP contribution in [0.25, 0.3) is 0 Å². The Balaban J connectivity index is 1.40. The minimum Gasteiger partial charge on any atom is -0.352 e. The van der Waals surface area contributed by atoms with Crippen molar-refractivity contribution in [2.75, 3.05) is 5.32 Å². The van der Waals surface area contributed by atoms with Gasteiger partial charge in [0, 0.05) is 16.3 Å². The summed E-state index contributed by atoms with van der Waals surface area (Å²) in [5.74, 6) is 0.941. The van der Waals surface area contributed by atoms with E-state index in [1.165, 1.54) is 27.1 Å². The van der Waals surface area contributed by atoms with E-state index in [1.54, 1.807) is 0 Å². The van der Waals surface area contributed by atoms with Gasteiger partial charge in [0.05, 0.1) is 6.04 Å². The number of hydrogen-bond donors (Lipinski definition) is 2. The molecule has 0 spiro atoms. The molecule has 0 aliphatic heterocycles. The number of thioether (sulfide) groups is 1. The Morgan fingerprint density at radius 1 is 0.781 bits per heavy atom. The molecule has 1 unspecified atom stereocenters. The molecule has 0 saturated carbocycles. The van der Waals surface area contributed by atoms with Crippen molar-refractivity contribution in [3.8, 4) is 0 Å². The second kappa shape index (κ2) is 11.0. The van der Waals surface area contributed by atoms with Gasteiger partial charge in [-0.15, -0.1) is 11.8 Å². The molecule has 1 atom stereocenters. The van der Waals surface area contributed by atoms with Crippen molar-refractivity contribution in [1.82, 2.24) is 5.32 Å². The second-order valence-corrected chi connectivity index (χ2v) is 9.11. The lowest BCUT2D eigenvalue weighted by Crippen LogP contribution is -2.33. The lowest BCUT2D eigenvalue weighted by atomic mass is 9.97. The van der Waals surface area contributed by atoms with Gasteiger partial charge in [-0.3, -0.25) is 0 Å². The third-order valence-corrected chi connectivity index (χ3v) is 6.45. The van der Waals surface area contributed by atoms with Crippen LogP contribution >= 0.6 is 24.0 Å². The van der Waals surface area contributed by atoms with E-state index in [2.05, 4.69) is 115 Å². The lowest BCUT2D eigenvalue weighted by molar-refractivity contribution is 0.768. The molecule has 32 heavy (non-hydrogen) atoms. The maximum atomic E-state index is 5.67. The molecule has 160 valence electrons. The third-order valence-electron chi connectivity index (χ3n) is 5.14. The fourth-order valence-electron chi connectivity index (χ4n) is 3.52. The van der Waals surface area contributed by atoms with E-state index in [0.29, 0.717) is 5.11 Å². The van der Waals surface area contributed by atoms with Crippen molar-refractivity contribution >= 4 is 34.8 Å². The van der Waals surface area contributed by atoms with Crippen LogP contribution in [0.5, 0.6) is 0 Å². The highest BCUT2D eigenvalue weighted by atomic mass is 32.2. The van der Waals surface area contributed by atoms with E-state index in [9.17, 15) is 0 Å². The van der Waals surface area contributed by atoms with E-state index < -0.39 is 0 Å². The first-order valence-electron chi connectivity index (χ1n) is 10.6. The van der Waals surface area contributed by atoms with Crippen LogP contribution in [0, 0.1) is 6.92 Å². The van der Waals surface area contributed by atoms with Gasteiger partial charge in [0.25, 0.3) is 0 Å². The second-order valence-electron chi connectivity index (χ2n) is 7.65. The Kier molecular flexibility index (Phi) is 7.59. The van der Waals surface area contributed by atoms with Gasteiger partial charge in [0.15, 0.2) is 5.11 Å². The fraction of sp³-hybridized carbons (Fsp3) is 0.107. The Hall–Kier alpha value is -3.08. The minimum absolute atomic E-state index is 0.0161. The van der Waals surface area contributed by atoms with Gasteiger partial charge in [-0.2, -0.15) is 0 Å². The zero-order valence-corrected chi connectivity index (χ0v) is 19.6. The molecule has 0 radical (unpaired) electrons. The van der Waals surface area contributed by atoms with E-state index in [0.717, 1.165) is 11.4 Å². The first-order valence-corrected chi connectivity index (χ1v) is 12.0. The number of aryl methyl sites for hydroxylation is 1. The normalized spacial score (nSPS) is 11.5. The summed E-state index contributed by atoms with van der Waals surface area (Å²) in [6.45, 7) is 2.11. The minimum atomic E-state index is -0.0161. The van der Waals surface area contributed by atoms with Crippen LogP contribution in [0.4, 0.5) is 5.69 Å². The molecular weight excluding hydrogens is 428 g/mol. The van der Waals surface area contributed by atoms with Gasteiger partial charge in [-0.25, -0.2) is 0 Å². The van der Waals surface area contributed by atoms with E-state index in [-0.39, 0.29) is 6.04 Å². The summed E-state index contributed by atoms with van der Waals surface area (Å²) in [7, 11) is 0. The van der Waals surface area contributed by atoms with Gasteiger partial charge in [0.1, 0.15) is 0 Å². The highest BCUT2D eigenvalue weighted by Crippen LogP contribution is 2.24. The van der Waals surface area contributed by atoms with Gasteiger partial charge in [0.2, 0.25) is 0 Å². The topological polar surface area (TPSA) is 24.1 Å². The summed E-state index contributed by atoms with van der Waals surface area (Å²) >= 11 is 7.51. The summed E-state index contributed by atoms with van der Waals surface area (Å²) in [5.41, 5.74) is 5.86. The Labute approximate surface area is 200 Å². The van der Waals surface area contributed by atoms with Crippen molar-refractivity contribution in [3.05, 3.63) is 131 Å². The van der Waals surface area contributed by atoms with Crippen molar-refractivity contribution in [3.63, 3.8) is 0 Å². The number of rotatable bonds is 7. The largest absolute Gasteiger partial charge is 0.352 e. The maximum Gasteiger partial charge on any atom is 0.171 e. The van der Waals surface area contributed by atoms with Crippen LogP contribution < -0.4 is 10.6 Å². The van der Waals surface area contributed by atoms with Gasteiger partial charge < -0.3 is 10.6 Å². The fourth-order valence-corrected chi connectivity index (χ4v) is 4.63. The highest BCUT2D eigenvalue weighted by Gasteiger charge is 2.15. The predicted molar refractivity (Wildman–Crippen MR) is 141 cm³/mol. The molecule has 4 rings (SSSR count). The van der Waals surface area contributed by atoms with Crippen molar-refractivity contribution in [2.45, 2.75) is 23.6 Å².